The Morgan fingerprint density at radius 2 is 1.93 bits per heavy atom. The van der Waals surface area contributed by atoms with Crippen LogP contribution in [0.4, 0.5) is 5.69 Å². The fraction of sp³-hybridized carbons (Fsp3) is 0.500. The van der Waals surface area contributed by atoms with Crippen molar-refractivity contribution in [3.63, 3.8) is 0 Å². The quantitative estimate of drug-likeness (QED) is 0.801. The van der Waals surface area contributed by atoms with E-state index in [1.54, 1.807) is 20.8 Å². The van der Waals surface area contributed by atoms with E-state index in [1.807, 2.05) is 0 Å². The minimum atomic E-state index is -2.79. The van der Waals surface area contributed by atoms with E-state index in [2.05, 4.69) is 14.7 Å². The number of aryl methyl sites for hydroxylation is 1. The van der Waals surface area contributed by atoms with Crippen LogP contribution in [0, 0.1) is 11.7 Å². The Hall–Kier alpha value is -1.17. The maximum Gasteiger partial charge on any atom is 0.129 e. The van der Waals surface area contributed by atoms with Crippen molar-refractivity contribution in [3.05, 3.63) is 18.2 Å². The van der Waals surface area contributed by atoms with Gasteiger partial charge in [-0.1, -0.05) is 0 Å². The highest BCUT2D eigenvalue weighted by Crippen LogP contribution is 2.09. The monoisotopic (exact) mass is 214 g/mol. The van der Waals surface area contributed by atoms with Crippen molar-refractivity contribution in [2.75, 3.05) is 4.72 Å². The lowest BCUT2D eigenvalue weighted by atomic mass is 10.5. The molecule has 14 heavy (non-hydrogen) atoms. The zero-order chi connectivity index (χ0) is 10.8. The fourth-order valence-corrected chi connectivity index (χ4v) is 1.43. The Labute approximate surface area is 84.1 Å². The van der Waals surface area contributed by atoms with Crippen LogP contribution in [0.15, 0.2) is 12.4 Å². The molecule has 0 aliphatic rings. The molecule has 0 fully saturated rings. The summed E-state index contributed by atoms with van der Waals surface area (Å²) >= 11 is 0. The normalized spacial score (nSPS) is 15.1. The summed E-state index contributed by atoms with van der Waals surface area (Å²) in [5.74, 6) is 0.650. The van der Waals surface area contributed by atoms with Crippen LogP contribution in [0.1, 0.15) is 19.7 Å². The van der Waals surface area contributed by atoms with Crippen molar-refractivity contribution >= 4 is 15.6 Å². The average molecular weight is 214 g/mol. The smallest absolute Gasteiger partial charge is 0.129 e. The summed E-state index contributed by atoms with van der Waals surface area (Å²) in [4.78, 5) is 7.88. The topological polar surface area (TPSA) is 78.7 Å². The summed E-state index contributed by atoms with van der Waals surface area (Å²) in [5.41, 5.74) is 0.518. The SMILES string of the molecule is Cc1ncc(NS(=N)(=O)C(C)C)cn1. The maximum absolute atomic E-state index is 11.6. The summed E-state index contributed by atoms with van der Waals surface area (Å²) in [6.45, 7) is 5.24. The Balaban J connectivity index is 2.85. The van der Waals surface area contributed by atoms with Crippen molar-refractivity contribution in [2.24, 2.45) is 0 Å². The average Bonchev–Trinajstić information content (AvgIpc) is 2.08. The van der Waals surface area contributed by atoms with E-state index < -0.39 is 9.92 Å². The first kappa shape index (κ1) is 10.9. The van der Waals surface area contributed by atoms with Gasteiger partial charge in [0, 0.05) is 0 Å². The van der Waals surface area contributed by atoms with Gasteiger partial charge in [-0.15, -0.1) is 0 Å². The van der Waals surface area contributed by atoms with Crippen LogP contribution < -0.4 is 4.72 Å². The Morgan fingerprint density at radius 1 is 1.43 bits per heavy atom. The van der Waals surface area contributed by atoms with Gasteiger partial charge in [-0.2, -0.15) is 0 Å². The molecule has 0 aliphatic heterocycles. The molecule has 1 aromatic heterocycles. The van der Waals surface area contributed by atoms with Crippen molar-refractivity contribution in [2.45, 2.75) is 26.0 Å². The highest BCUT2D eigenvalue weighted by atomic mass is 32.2. The van der Waals surface area contributed by atoms with Crippen molar-refractivity contribution in [1.82, 2.24) is 9.97 Å². The van der Waals surface area contributed by atoms with E-state index in [0.717, 1.165) is 0 Å². The lowest BCUT2D eigenvalue weighted by Gasteiger charge is -2.12. The third kappa shape index (κ3) is 2.66. The Kier molecular flexibility index (Phi) is 3.05. The summed E-state index contributed by atoms with van der Waals surface area (Å²) < 4.78 is 21.8. The van der Waals surface area contributed by atoms with Gasteiger partial charge in [0.1, 0.15) is 15.7 Å². The van der Waals surface area contributed by atoms with E-state index in [-0.39, 0.29) is 5.25 Å². The van der Waals surface area contributed by atoms with Gasteiger partial charge in [-0.05, 0) is 20.8 Å². The van der Waals surface area contributed by atoms with Crippen LogP contribution >= 0.6 is 0 Å². The van der Waals surface area contributed by atoms with Crippen LogP contribution in [0.3, 0.4) is 0 Å². The first-order chi connectivity index (χ1) is 6.42. The first-order valence-corrected chi connectivity index (χ1v) is 5.88. The molecule has 1 aromatic rings. The molecule has 0 bridgehead atoms. The lowest BCUT2D eigenvalue weighted by Crippen LogP contribution is -2.21. The third-order valence-electron chi connectivity index (χ3n) is 1.71. The molecule has 0 radical (unpaired) electrons. The molecule has 5 nitrogen and oxygen atoms in total. The number of nitrogens with one attached hydrogen (secondary N) is 2. The largest absolute Gasteiger partial charge is 0.296 e. The van der Waals surface area contributed by atoms with Crippen LogP contribution in [0.25, 0.3) is 0 Å². The van der Waals surface area contributed by atoms with E-state index in [4.69, 9.17) is 4.78 Å². The minimum absolute atomic E-state index is 0.246. The van der Waals surface area contributed by atoms with E-state index in [0.29, 0.717) is 11.5 Å². The van der Waals surface area contributed by atoms with Gasteiger partial charge in [-0.25, -0.2) is 19.0 Å². The Morgan fingerprint density at radius 3 is 2.36 bits per heavy atom. The second-order valence-electron chi connectivity index (χ2n) is 3.27. The molecule has 0 saturated carbocycles. The molecule has 1 heterocycles. The van der Waals surface area contributed by atoms with Gasteiger partial charge in [0.15, 0.2) is 0 Å². The molecule has 2 N–H and O–H groups in total. The number of rotatable bonds is 3. The fourth-order valence-electron chi connectivity index (χ4n) is 0.738. The third-order valence-corrected chi connectivity index (χ3v) is 3.58. The second-order valence-corrected chi connectivity index (χ2v) is 5.62. The second kappa shape index (κ2) is 3.91. The molecule has 0 aromatic carbocycles. The summed E-state index contributed by atoms with van der Waals surface area (Å²) in [5, 5.41) is -0.246. The lowest BCUT2D eigenvalue weighted by molar-refractivity contribution is 0.671. The zero-order valence-electron chi connectivity index (χ0n) is 8.44. The highest BCUT2D eigenvalue weighted by Gasteiger charge is 2.11. The number of aromatic nitrogens is 2. The van der Waals surface area contributed by atoms with Crippen molar-refractivity contribution in [1.29, 1.82) is 4.78 Å². The molecule has 1 rings (SSSR count). The van der Waals surface area contributed by atoms with Gasteiger partial charge in [0.05, 0.1) is 23.3 Å². The summed E-state index contributed by atoms with van der Waals surface area (Å²) in [7, 11) is -2.79. The van der Waals surface area contributed by atoms with Crippen LogP contribution in [0.2, 0.25) is 0 Å². The number of hydrogen-bond donors (Lipinski definition) is 2. The molecule has 1 unspecified atom stereocenters. The van der Waals surface area contributed by atoms with Gasteiger partial charge in [0.2, 0.25) is 0 Å². The Bertz CT molecular complexity index is 396. The number of nitrogens with zero attached hydrogens (tertiary/aromatic N) is 2. The predicted octanol–water partition coefficient (Wildman–Crippen LogP) is 1.57. The first-order valence-electron chi connectivity index (χ1n) is 4.26. The molecule has 6 heteroatoms. The maximum atomic E-state index is 11.6. The molecule has 1 atom stereocenters. The molecule has 0 spiro atoms. The molecular formula is C8H14N4OS. The molecule has 0 aliphatic carbocycles. The van der Waals surface area contributed by atoms with Crippen LogP contribution in [0.5, 0.6) is 0 Å². The van der Waals surface area contributed by atoms with Crippen molar-refractivity contribution in [3.8, 4) is 0 Å². The minimum Gasteiger partial charge on any atom is -0.296 e. The van der Waals surface area contributed by atoms with E-state index >= 15 is 0 Å². The van der Waals surface area contributed by atoms with Gasteiger partial charge in [-0.3, -0.25) is 4.72 Å². The molecule has 0 amide bonds. The highest BCUT2D eigenvalue weighted by molar-refractivity contribution is 7.94. The standard InChI is InChI=1S/C8H14N4OS/c1-6(2)14(9,13)12-8-4-10-7(3)11-5-8/h4-6H,1-3H3,(H2,9,12,13). The van der Waals surface area contributed by atoms with Crippen molar-refractivity contribution < 1.29 is 4.21 Å². The summed E-state index contributed by atoms with van der Waals surface area (Å²) in [6, 6.07) is 0. The summed E-state index contributed by atoms with van der Waals surface area (Å²) in [6.07, 6.45) is 3.05. The molecule has 0 saturated heterocycles. The number of anilines is 1. The molecular weight excluding hydrogens is 200 g/mol. The zero-order valence-corrected chi connectivity index (χ0v) is 9.26. The van der Waals surface area contributed by atoms with Gasteiger partial charge in [0.25, 0.3) is 0 Å². The van der Waals surface area contributed by atoms with E-state index in [9.17, 15) is 4.21 Å². The van der Waals surface area contributed by atoms with Gasteiger partial charge < -0.3 is 0 Å². The van der Waals surface area contributed by atoms with Gasteiger partial charge >= 0.3 is 0 Å². The van der Waals surface area contributed by atoms with Crippen LogP contribution in [-0.2, 0) is 9.92 Å². The van der Waals surface area contributed by atoms with E-state index in [1.165, 1.54) is 12.4 Å². The predicted molar refractivity (Wildman–Crippen MR) is 56.4 cm³/mol. The van der Waals surface area contributed by atoms with Crippen LogP contribution in [-0.4, -0.2) is 19.4 Å². The molecule has 78 valence electrons. The number of hydrogen-bond acceptors (Lipinski definition) is 4.